The number of halogens is 8. The average molecular weight is 878 g/mol. The van der Waals surface area contributed by atoms with Gasteiger partial charge in [0.05, 0.1) is 35.7 Å². The number of anilines is 1. The van der Waals surface area contributed by atoms with Gasteiger partial charge in [-0.25, -0.2) is 31.5 Å². The number of pyridine rings is 1. The van der Waals surface area contributed by atoms with Crippen molar-refractivity contribution < 1.29 is 58.9 Å². The van der Waals surface area contributed by atoms with Crippen molar-refractivity contribution in [1.82, 2.24) is 30.1 Å². The number of hydrogen-bond donors (Lipinski definition) is 1. The van der Waals surface area contributed by atoms with Crippen LogP contribution in [0.5, 0.6) is 11.8 Å². The molecule has 6 bridgehead atoms. The van der Waals surface area contributed by atoms with Gasteiger partial charge in [0, 0.05) is 37.7 Å². The number of nitrogens with zero attached hydrogens (tertiary/aromatic N) is 6. The molecule has 6 aliphatic rings. The van der Waals surface area contributed by atoms with E-state index < -0.39 is 84.3 Å². The van der Waals surface area contributed by atoms with E-state index in [1.165, 1.54) is 23.2 Å². The molecule has 1 N–H and O–H groups in total. The van der Waals surface area contributed by atoms with Crippen LogP contribution >= 0.6 is 0 Å². The molecule has 10 rings (SSSR count). The Morgan fingerprint density at radius 3 is 2.66 bits per heavy atom. The number of rotatable bonds is 5. The molecule has 4 aromatic rings. The Bertz CT molecular complexity index is 2430. The molecule has 12 nitrogen and oxygen atoms in total. The smallest absolute Gasteiger partial charge is 0.416 e. The van der Waals surface area contributed by atoms with Gasteiger partial charge >= 0.3 is 24.4 Å². The minimum absolute atomic E-state index is 0.00932. The molecule has 62 heavy (non-hydrogen) atoms. The molecule has 2 amide bonds. The molecule has 0 saturated carbocycles. The zero-order valence-electron chi connectivity index (χ0n) is 33.6. The SMILES string of the molecule is C[C@@]12C[C@@H](F)CN(C1)c1nc(OC[C@@]34CCCN3C[C@H](F)C4)nc3c(F)c(ncc13)-c1cc(OC(=O)N3C(CF)CCC3C(F)(F)F)cc3ccc(F)c(c13)CCCOC(=O)N2. The van der Waals surface area contributed by atoms with E-state index in [4.69, 9.17) is 14.2 Å². The van der Waals surface area contributed by atoms with Crippen LogP contribution in [0.1, 0.15) is 57.4 Å². The molecule has 6 aliphatic heterocycles. The molecule has 20 heteroatoms. The topological polar surface area (TPSA) is 122 Å². The number of hydrogen-bond acceptors (Lipinski definition) is 10. The predicted molar refractivity (Wildman–Crippen MR) is 208 cm³/mol. The van der Waals surface area contributed by atoms with E-state index in [1.54, 1.807) is 6.92 Å². The van der Waals surface area contributed by atoms with Crippen LogP contribution in [0.25, 0.3) is 32.9 Å². The zero-order chi connectivity index (χ0) is 43.7. The van der Waals surface area contributed by atoms with E-state index in [0.29, 0.717) is 17.9 Å². The van der Waals surface area contributed by atoms with Crippen LogP contribution in [0.15, 0.2) is 30.5 Å². The van der Waals surface area contributed by atoms with Gasteiger partial charge in [-0.1, -0.05) is 6.07 Å². The third-order valence-corrected chi connectivity index (χ3v) is 12.9. The van der Waals surface area contributed by atoms with Crippen molar-refractivity contribution in [3.63, 3.8) is 0 Å². The first-order valence-electron chi connectivity index (χ1n) is 20.7. The monoisotopic (exact) mass is 877 g/mol. The number of nitrogens with one attached hydrogen (secondary N) is 1. The standard InChI is InChI=1S/C42H43F8N7O5/c1-40-14-23(44)18-55(20-40)36-29-17-51-34(33(47)35(29)52-37(53-36)61-21-41-9-3-10-56(41)19-24(45)15-41)28-13-26(62-39(59)57-25(16-43)6-8-31(57)42(48,49)50)12-22-5-7-30(46)27(32(22)28)4-2-11-60-38(58)54-40/h5,7,12-13,17,23-25,31H,2-4,6,8-11,14-16,18-21H2,1H3,(H,54,58)/t23-,24-,25?,31?,40-,41+/m1/s1. The molecule has 6 atom stereocenters. The van der Waals surface area contributed by atoms with Crippen LogP contribution in [-0.2, 0) is 11.2 Å². The molecular formula is C42H43F8N7O5. The number of amides is 2. The van der Waals surface area contributed by atoms with Crippen molar-refractivity contribution in [2.75, 3.05) is 51.0 Å². The number of carbonyl (C=O) groups excluding carboxylic acids is 2. The summed E-state index contributed by atoms with van der Waals surface area (Å²) in [5.74, 6) is -2.16. The number of aryl methyl sites for hydroxylation is 1. The molecule has 2 unspecified atom stereocenters. The summed E-state index contributed by atoms with van der Waals surface area (Å²) >= 11 is 0. The molecule has 0 radical (unpaired) electrons. The predicted octanol–water partition coefficient (Wildman–Crippen LogP) is 7.92. The van der Waals surface area contributed by atoms with Crippen molar-refractivity contribution >= 4 is 39.7 Å². The minimum atomic E-state index is -4.88. The quantitative estimate of drug-likeness (QED) is 0.198. The number of aromatic nitrogens is 3. The largest absolute Gasteiger partial charge is 0.461 e. The Balaban J connectivity index is 1.21. The number of ether oxygens (including phenoxy) is 3. The highest BCUT2D eigenvalue weighted by molar-refractivity contribution is 6.02. The first-order valence-corrected chi connectivity index (χ1v) is 20.7. The molecule has 8 heterocycles. The Morgan fingerprint density at radius 2 is 1.87 bits per heavy atom. The van der Waals surface area contributed by atoms with Gasteiger partial charge in [-0.3, -0.25) is 14.8 Å². The normalized spacial score (nSPS) is 28.0. The summed E-state index contributed by atoms with van der Waals surface area (Å²) < 4.78 is 137. The highest BCUT2D eigenvalue weighted by Gasteiger charge is 2.53. The summed E-state index contributed by atoms with van der Waals surface area (Å²) in [4.78, 5) is 44.0. The fourth-order valence-corrected chi connectivity index (χ4v) is 10.2. The lowest BCUT2D eigenvalue weighted by Gasteiger charge is -2.42. The zero-order valence-corrected chi connectivity index (χ0v) is 33.6. The van der Waals surface area contributed by atoms with E-state index in [-0.39, 0.29) is 115 Å². The second-order valence-electron chi connectivity index (χ2n) is 17.3. The number of piperidine rings is 1. The summed E-state index contributed by atoms with van der Waals surface area (Å²) in [5.41, 5.74) is -2.76. The van der Waals surface area contributed by atoms with Gasteiger partial charge in [-0.15, -0.1) is 0 Å². The van der Waals surface area contributed by atoms with E-state index in [0.717, 1.165) is 18.6 Å². The molecule has 0 spiro atoms. The van der Waals surface area contributed by atoms with Gasteiger partial charge in [0.2, 0.25) is 0 Å². The van der Waals surface area contributed by atoms with Crippen molar-refractivity contribution in [2.45, 2.75) is 100.0 Å². The van der Waals surface area contributed by atoms with Crippen LogP contribution in [0.2, 0.25) is 0 Å². The van der Waals surface area contributed by atoms with Crippen molar-refractivity contribution in [2.24, 2.45) is 0 Å². The second kappa shape index (κ2) is 15.8. The maximum absolute atomic E-state index is 17.6. The van der Waals surface area contributed by atoms with Crippen molar-refractivity contribution in [3.05, 3.63) is 47.7 Å². The van der Waals surface area contributed by atoms with Gasteiger partial charge in [0.25, 0.3) is 0 Å². The highest BCUT2D eigenvalue weighted by atomic mass is 19.4. The number of benzene rings is 2. The molecule has 2 aromatic carbocycles. The lowest BCUT2D eigenvalue weighted by Crippen LogP contribution is -2.60. The van der Waals surface area contributed by atoms with E-state index in [2.05, 4.69) is 20.3 Å². The van der Waals surface area contributed by atoms with Crippen LogP contribution in [0.3, 0.4) is 0 Å². The van der Waals surface area contributed by atoms with E-state index in [9.17, 15) is 31.5 Å². The number of alkyl halides is 6. The van der Waals surface area contributed by atoms with Crippen LogP contribution in [-0.4, -0.2) is 125 Å². The van der Waals surface area contributed by atoms with Crippen molar-refractivity contribution in [3.8, 4) is 23.0 Å². The minimum Gasteiger partial charge on any atom is -0.461 e. The fraction of sp³-hybridized carbons (Fsp3) is 0.548. The lowest BCUT2D eigenvalue weighted by atomic mass is 9.90. The molecule has 0 aliphatic carbocycles. The average Bonchev–Trinajstić information content (AvgIpc) is 3.91. The van der Waals surface area contributed by atoms with E-state index in [1.807, 2.05) is 4.90 Å². The fourth-order valence-electron chi connectivity index (χ4n) is 10.2. The van der Waals surface area contributed by atoms with E-state index >= 15 is 13.2 Å². The summed E-state index contributed by atoms with van der Waals surface area (Å²) in [6.07, 6.45) is -7.80. The third-order valence-electron chi connectivity index (χ3n) is 12.9. The maximum atomic E-state index is 17.6. The first-order chi connectivity index (χ1) is 29.5. The van der Waals surface area contributed by atoms with Gasteiger partial charge in [-0.05, 0) is 86.5 Å². The summed E-state index contributed by atoms with van der Waals surface area (Å²) in [5, 5.41) is 3.03. The summed E-state index contributed by atoms with van der Waals surface area (Å²) in [7, 11) is 0. The van der Waals surface area contributed by atoms with Gasteiger partial charge in [0.15, 0.2) is 5.82 Å². The van der Waals surface area contributed by atoms with Gasteiger partial charge < -0.3 is 24.4 Å². The molecular weight excluding hydrogens is 834 g/mol. The van der Waals surface area contributed by atoms with Gasteiger partial charge in [0.1, 0.15) is 60.3 Å². The Morgan fingerprint density at radius 1 is 1.06 bits per heavy atom. The number of fused-ring (bicyclic) bond motifs is 7. The number of carbonyl (C=O) groups is 2. The highest BCUT2D eigenvalue weighted by Crippen LogP contribution is 2.44. The third kappa shape index (κ3) is 7.65. The molecule has 4 fully saturated rings. The Labute approximate surface area is 349 Å². The van der Waals surface area contributed by atoms with Gasteiger partial charge in [-0.2, -0.15) is 23.1 Å². The Hall–Kier alpha value is -5.27. The Kier molecular flexibility index (Phi) is 10.7. The van der Waals surface area contributed by atoms with Crippen LogP contribution in [0.4, 0.5) is 50.5 Å². The first kappa shape index (κ1) is 42.1. The molecule has 4 saturated heterocycles. The van der Waals surface area contributed by atoms with Crippen LogP contribution in [0, 0.1) is 11.6 Å². The summed E-state index contributed by atoms with van der Waals surface area (Å²) in [6, 6.07) is 0.782. The molecule has 332 valence electrons. The molecule has 2 aromatic heterocycles. The number of likely N-dealkylation sites (tertiary alicyclic amines) is 1. The van der Waals surface area contributed by atoms with Crippen molar-refractivity contribution in [1.29, 1.82) is 0 Å². The second-order valence-corrected chi connectivity index (χ2v) is 17.3. The van der Waals surface area contributed by atoms with Crippen LogP contribution < -0.4 is 19.7 Å². The lowest BCUT2D eigenvalue weighted by molar-refractivity contribution is -0.173. The summed E-state index contributed by atoms with van der Waals surface area (Å²) in [6.45, 7) is 0.799. The number of alkyl carbamates (subject to hydrolysis) is 1. The maximum Gasteiger partial charge on any atom is 0.416 e.